The predicted octanol–water partition coefficient (Wildman–Crippen LogP) is 8.94. The first-order valence-electron chi connectivity index (χ1n) is 12.9. The predicted molar refractivity (Wildman–Crippen MR) is 158 cm³/mol. The minimum atomic E-state index is 1.02. The number of hydrogen-bond donors (Lipinski definition) is 0. The molecule has 0 fully saturated rings. The summed E-state index contributed by atoms with van der Waals surface area (Å²) in [4.78, 5) is 5.06. The van der Waals surface area contributed by atoms with E-state index in [-0.39, 0.29) is 0 Å². The maximum Gasteiger partial charge on any atom is 0.0963 e. The molecule has 0 aliphatic rings. The summed E-state index contributed by atoms with van der Waals surface area (Å²) in [5.74, 6) is 0. The summed E-state index contributed by atoms with van der Waals surface area (Å²) in [5, 5.41) is 3.65. The summed E-state index contributed by atoms with van der Waals surface area (Å²) in [7, 11) is 0. The first-order valence-corrected chi connectivity index (χ1v) is 12.9. The molecular weight excluding hydrogens is 462 g/mol. The Morgan fingerprint density at radius 1 is 0.447 bits per heavy atom. The molecule has 0 N–H and O–H groups in total. The highest BCUT2D eigenvalue weighted by atomic mass is 15.0. The fraction of sp³-hybridized carbons (Fsp3) is 0. The summed E-state index contributed by atoms with van der Waals surface area (Å²) in [6, 6.07) is 47.3. The molecule has 0 unspecified atom stereocenters. The van der Waals surface area contributed by atoms with E-state index < -0.39 is 0 Å². The Morgan fingerprint density at radius 3 is 1.76 bits per heavy atom. The van der Waals surface area contributed by atoms with Crippen LogP contribution < -0.4 is 0 Å². The summed E-state index contributed by atoms with van der Waals surface area (Å²) in [6.45, 7) is 0. The molecule has 0 spiro atoms. The maximum atomic E-state index is 5.06. The van der Waals surface area contributed by atoms with Crippen molar-refractivity contribution in [3.63, 3.8) is 0 Å². The van der Waals surface area contributed by atoms with E-state index in [0.717, 1.165) is 38.9 Å². The number of para-hydroxylation sites is 5. The molecule has 3 heteroatoms. The number of pyridine rings is 1. The van der Waals surface area contributed by atoms with E-state index in [2.05, 4.69) is 143 Å². The molecular formula is C35H23N3. The van der Waals surface area contributed by atoms with Gasteiger partial charge >= 0.3 is 0 Å². The maximum absolute atomic E-state index is 5.06. The van der Waals surface area contributed by atoms with E-state index >= 15 is 0 Å². The van der Waals surface area contributed by atoms with E-state index in [1.54, 1.807) is 0 Å². The quantitative estimate of drug-likeness (QED) is 0.245. The Kier molecular flexibility index (Phi) is 4.52. The van der Waals surface area contributed by atoms with E-state index in [0.29, 0.717) is 0 Å². The van der Waals surface area contributed by atoms with Crippen LogP contribution in [-0.2, 0) is 0 Å². The highest BCUT2D eigenvalue weighted by Gasteiger charge is 2.18. The van der Waals surface area contributed by atoms with Crippen molar-refractivity contribution in [3.05, 3.63) is 140 Å². The van der Waals surface area contributed by atoms with Gasteiger partial charge < -0.3 is 9.13 Å². The van der Waals surface area contributed by atoms with E-state index in [1.807, 2.05) is 6.20 Å². The van der Waals surface area contributed by atoms with Gasteiger partial charge in [-0.2, -0.15) is 0 Å². The summed E-state index contributed by atoms with van der Waals surface area (Å²) in [6.07, 6.45) is 2.03. The van der Waals surface area contributed by atoms with Crippen molar-refractivity contribution in [3.8, 4) is 22.5 Å². The van der Waals surface area contributed by atoms with Gasteiger partial charge in [0.25, 0.3) is 0 Å². The van der Waals surface area contributed by atoms with Gasteiger partial charge in [-0.3, -0.25) is 4.98 Å². The number of rotatable bonds is 3. The Bertz CT molecular complexity index is 2120. The molecule has 178 valence electrons. The Balaban J connectivity index is 1.48. The third-order valence-electron chi connectivity index (χ3n) is 7.54. The molecule has 0 aliphatic carbocycles. The number of fused-ring (bicyclic) bond motifs is 6. The Hall–Kier alpha value is -5.15. The van der Waals surface area contributed by atoms with Gasteiger partial charge in [0.1, 0.15) is 0 Å². The molecule has 8 aromatic rings. The van der Waals surface area contributed by atoms with Gasteiger partial charge in [0, 0.05) is 44.9 Å². The molecule has 5 aromatic carbocycles. The van der Waals surface area contributed by atoms with Crippen LogP contribution in [0, 0.1) is 0 Å². The number of hydrogen-bond acceptors (Lipinski definition) is 1. The first kappa shape index (κ1) is 21.0. The lowest BCUT2D eigenvalue weighted by molar-refractivity contribution is 1.17. The average molecular weight is 486 g/mol. The third-order valence-corrected chi connectivity index (χ3v) is 7.54. The monoisotopic (exact) mass is 485 g/mol. The second kappa shape index (κ2) is 8.19. The van der Waals surface area contributed by atoms with Crippen molar-refractivity contribution >= 4 is 43.7 Å². The highest BCUT2D eigenvalue weighted by molar-refractivity contribution is 6.14. The molecule has 38 heavy (non-hydrogen) atoms. The second-order valence-corrected chi connectivity index (χ2v) is 9.67. The fourth-order valence-electron chi connectivity index (χ4n) is 5.93. The van der Waals surface area contributed by atoms with Gasteiger partial charge in [0.15, 0.2) is 0 Å². The van der Waals surface area contributed by atoms with E-state index in [9.17, 15) is 0 Å². The molecule has 0 saturated heterocycles. The third kappa shape index (κ3) is 2.99. The zero-order valence-corrected chi connectivity index (χ0v) is 20.6. The molecule has 0 radical (unpaired) electrons. The molecule has 0 amide bonds. The molecule has 0 bridgehead atoms. The van der Waals surface area contributed by atoms with Crippen LogP contribution in [0.5, 0.6) is 0 Å². The highest BCUT2D eigenvalue weighted by Crippen LogP contribution is 2.39. The molecule has 0 atom stereocenters. The molecule has 0 saturated carbocycles. The number of benzene rings is 5. The minimum absolute atomic E-state index is 1.02. The second-order valence-electron chi connectivity index (χ2n) is 9.67. The molecule has 3 nitrogen and oxygen atoms in total. The summed E-state index contributed by atoms with van der Waals surface area (Å²) in [5.41, 5.74) is 10.2. The molecule has 0 aliphatic heterocycles. The van der Waals surface area contributed by atoms with Crippen LogP contribution in [0.25, 0.3) is 66.2 Å². The summed E-state index contributed by atoms with van der Waals surface area (Å²) < 4.78 is 4.71. The topological polar surface area (TPSA) is 22.8 Å². The fourth-order valence-corrected chi connectivity index (χ4v) is 5.93. The van der Waals surface area contributed by atoms with Crippen molar-refractivity contribution in [2.75, 3.05) is 0 Å². The smallest absolute Gasteiger partial charge is 0.0963 e. The lowest BCUT2D eigenvalue weighted by atomic mass is 10.0. The van der Waals surface area contributed by atoms with Crippen LogP contribution >= 0.6 is 0 Å². The Labute approximate surface area is 219 Å². The van der Waals surface area contributed by atoms with Gasteiger partial charge in [-0.25, -0.2) is 0 Å². The Morgan fingerprint density at radius 2 is 1.03 bits per heavy atom. The van der Waals surface area contributed by atoms with Crippen LogP contribution in [0.1, 0.15) is 0 Å². The molecule has 3 heterocycles. The van der Waals surface area contributed by atoms with Crippen molar-refractivity contribution in [2.45, 2.75) is 0 Å². The van der Waals surface area contributed by atoms with Crippen LogP contribution in [0.4, 0.5) is 0 Å². The average Bonchev–Trinajstić information content (AvgIpc) is 3.51. The van der Waals surface area contributed by atoms with Crippen molar-refractivity contribution < 1.29 is 0 Å². The first-order chi connectivity index (χ1) is 18.9. The van der Waals surface area contributed by atoms with Gasteiger partial charge in [-0.15, -0.1) is 0 Å². The lowest BCUT2D eigenvalue weighted by Crippen LogP contribution is -1.96. The van der Waals surface area contributed by atoms with Crippen LogP contribution in [0.15, 0.2) is 140 Å². The van der Waals surface area contributed by atoms with Crippen LogP contribution in [-0.4, -0.2) is 14.1 Å². The van der Waals surface area contributed by atoms with E-state index in [1.165, 1.54) is 27.4 Å². The number of aromatic nitrogens is 3. The molecule has 3 aromatic heterocycles. The van der Waals surface area contributed by atoms with Crippen molar-refractivity contribution in [1.29, 1.82) is 0 Å². The SMILES string of the molecule is c1ccc(-n2c3ccccc3c3ncc(-c4cccc5c6ccccc6n(-c6ccccc6)c45)cc32)cc1. The van der Waals surface area contributed by atoms with Gasteiger partial charge in [0.2, 0.25) is 0 Å². The molecule has 8 rings (SSSR count). The zero-order valence-electron chi connectivity index (χ0n) is 20.6. The van der Waals surface area contributed by atoms with Crippen LogP contribution in [0.3, 0.4) is 0 Å². The van der Waals surface area contributed by atoms with Gasteiger partial charge in [-0.05, 0) is 42.5 Å². The van der Waals surface area contributed by atoms with Crippen LogP contribution in [0.2, 0.25) is 0 Å². The minimum Gasteiger partial charge on any atom is -0.309 e. The zero-order chi connectivity index (χ0) is 25.1. The van der Waals surface area contributed by atoms with Crippen molar-refractivity contribution in [1.82, 2.24) is 14.1 Å². The van der Waals surface area contributed by atoms with Gasteiger partial charge in [-0.1, -0.05) is 91.0 Å². The van der Waals surface area contributed by atoms with E-state index in [4.69, 9.17) is 4.98 Å². The van der Waals surface area contributed by atoms with Gasteiger partial charge in [0.05, 0.1) is 27.6 Å². The normalized spacial score (nSPS) is 11.7. The standard InChI is InChI=1S/C35H23N3/c1-3-12-25(13-4-1)37-32-21-10-8-17-30(32)34-33(37)22-24(23-36-34)27-18-11-19-29-28-16-7-9-20-31(28)38(35(27)29)26-14-5-2-6-15-26/h1-23H. The largest absolute Gasteiger partial charge is 0.309 e. The lowest BCUT2D eigenvalue weighted by Gasteiger charge is -2.12. The summed E-state index contributed by atoms with van der Waals surface area (Å²) >= 11 is 0. The number of nitrogens with zero attached hydrogens (tertiary/aromatic N) is 3. The van der Waals surface area contributed by atoms with Crippen molar-refractivity contribution in [2.24, 2.45) is 0 Å².